The lowest BCUT2D eigenvalue weighted by atomic mass is 9.85. The molecule has 2 aliphatic heterocycles. The second-order valence-corrected chi connectivity index (χ2v) is 22.2. The zero-order chi connectivity index (χ0) is 54.7. The molecule has 3 fully saturated rings. The summed E-state index contributed by atoms with van der Waals surface area (Å²) in [6.45, 7) is 18.4. The van der Waals surface area contributed by atoms with E-state index in [0.717, 1.165) is 71.8 Å². The van der Waals surface area contributed by atoms with Crippen molar-refractivity contribution in [3.63, 3.8) is 0 Å². The number of anilines is 1. The first-order valence-electron chi connectivity index (χ1n) is 27.3. The number of aliphatic hydroxyl groups is 1. The third-order valence-electron chi connectivity index (χ3n) is 14.4. The first-order chi connectivity index (χ1) is 37.2. The third kappa shape index (κ3) is 17.7. The maximum atomic E-state index is 13.9. The van der Waals surface area contributed by atoms with Crippen molar-refractivity contribution in [3.05, 3.63) is 65.2 Å². The number of hydrogen-bond donors (Lipinski definition) is 4. The SMILES string of the molecule is Cc1ncsc1-c1ccc(CNC(=O)C2CC(O)CN2C(=O)C(NC(=O)COCCOCCOCCOCCOCCOCC(=O)N2CCN(C3CCC(Nc4ncnn5ccc(C(C)C)c45)CC3)CC2)C(C)(C)C)cc1. The van der Waals surface area contributed by atoms with E-state index in [4.69, 9.17) is 28.4 Å². The first-order valence-corrected chi connectivity index (χ1v) is 28.2. The van der Waals surface area contributed by atoms with Crippen LogP contribution in [-0.2, 0) is 54.1 Å². The van der Waals surface area contributed by atoms with Crippen molar-refractivity contribution in [1.29, 1.82) is 0 Å². The highest BCUT2D eigenvalue weighted by Crippen LogP contribution is 2.31. The molecule has 4 amide bonds. The summed E-state index contributed by atoms with van der Waals surface area (Å²) >= 11 is 1.57. The molecular formula is C55H82N10O11S. The predicted octanol–water partition coefficient (Wildman–Crippen LogP) is 4.06. The first kappa shape index (κ1) is 59.5. The number of nitrogens with one attached hydrogen (secondary N) is 3. The van der Waals surface area contributed by atoms with Crippen LogP contribution in [0.25, 0.3) is 16.0 Å². The molecule has 4 aromatic rings. The largest absolute Gasteiger partial charge is 0.391 e. The minimum absolute atomic E-state index is 0.0145. The summed E-state index contributed by atoms with van der Waals surface area (Å²) in [5, 5.41) is 24.4. The molecule has 2 saturated heterocycles. The summed E-state index contributed by atoms with van der Waals surface area (Å²) in [5.41, 5.74) is 6.34. The van der Waals surface area contributed by atoms with Crippen molar-refractivity contribution in [2.75, 3.05) is 117 Å². The number of aryl methyl sites for hydroxylation is 1. The molecule has 0 bridgehead atoms. The van der Waals surface area contributed by atoms with E-state index < -0.39 is 35.4 Å². The van der Waals surface area contributed by atoms with Crippen LogP contribution in [0.2, 0.25) is 0 Å². The molecule has 4 N–H and O–H groups in total. The molecule has 0 spiro atoms. The summed E-state index contributed by atoms with van der Waals surface area (Å²) in [5.74, 6) is 0.0234. The highest BCUT2D eigenvalue weighted by Gasteiger charge is 2.44. The van der Waals surface area contributed by atoms with Crippen molar-refractivity contribution in [1.82, 2.24) is 44.9 Å². The topological polar surface area (TPSA) is 233 Å². The number of ether oxygens (including phenoxy) is 6. The predicted molar refractivity (Wildman–Crippen MR) is 291 cm³/mol. The second kappa shape index (κ2) is 29.7. The minimum Gasteiger partial charge on any atom is -0.391 e. The quantitative estimate of drug-likeness (QED) is 0.0562. The lowest BCUT2D eigenvalue weighted by molar-refractivity contribution is -0.144. The van der Waals surface area contributed by atoms with Crippen molar-refractivity contribution >= 4 is 46.3 Å². The van der Waals surface area contributed by atoms with Gasteiger partial charge >= 0.3 is 0 Å². The average Bonchev–Trinajstić information content (AvgIpc) is 4.18. The Kier molecular flexibility index (Phi) is 22.9. The summed E-state index contributed by atoms with van der Waals surface area (Å²) in [6, 6.07) is 9.06. The van der Waals surface area contributed by atoms with Crippen LogP contribution in [0.5, 0.6) is 0 Å². The Morgan fingerprint density at radius 2 is 1.40 bits per heavy atom. The van der Waals surface area contributed by atoms with Gasteiger partial charge in [-0.1, -0.05) is 58.9 Å². The number of carbonyl (C=O) groups is 4. The molecule has 21 nitrogen and oxygen atoms in total. The maximum Gasteiger partial charge on any atom is 0.248 e. The molecule has 424 valence electrons. The fourth-order valence-electron chi connectivity index (χ4n) is 10.1. The van der Waals surface area contributed by atoms with Gasteiger partial charge in [0, 0.05) is 64.0 Å². The van der Waals surface area contributed by atoms with Crippen molar-refractivity contribution in [3.8, 4) is 10.4 Å². The highest BCUT2D eigenvalue weighted by atomic mass is 32.1. The van der Waals surface area contributed by atoms with Gasteiger partial charge in [0.1, 0.15) is 37.1 Å². The van der Waals surface area contributed by atoms with Crippen molar-refractivity contribution in [2.24, 2.45) is 5.41 Å². The van der Waals surface area contributed by atoms with Crippen LogP contribution in [0.4, 0.5) is 5.82 Å². The molecule has 1 aliphatic carbocycles. The monoisotopic (exact) mass is 1090 g/mol. The molecule has 3 aliphatic rings. The number of aromatic nitrogens is 4. The lowest BCUT2D eigenvalue weighted by Crippen LogP contribution is -2.58. The number of β-amino-alcohol motifs (C(OH)–C–C–N with tert-alkyl or cyclic N) is 1. The number of piperazine rings is 1. The molecule has 3 atom stereocenters. The molecule has 3 unspecified atom stereocenters. The molecular weight excluding hydrogens is 1010 g/mol. The molecule has 1 aromatic carbocycles. The van der Waals surface area contributed by atoms with E-state index in [9.17, 15) is 24.3 Å². The van der Waals surface area contributed by atoms with E-state index in [1.54, 1.807) is 17.7 Å². The number of carbonyl (C=O) groups excluding carboxylic acids is 4. The fraction of sp³-hybridized carbons (Fsp3) is 0.655. The molecule has 77 heavy (non-hydrogen) atoms. The molecule has 5 heterocycles. The van der Waals surface area contributed by atoms with Crippen LogP contribution >= 0.6 is 11.3 Å². The van der Waals surface area contributed by atoms with E-state index in [1.807, 2.05) is 73.1 Å². The van der Waals surface area contributed by atoms with E-state index in [0.29, 0.717) is 83.9 Å². The summed E-state index contributed by atoms with van der Waals surface area (Å²) < 4.78 is 35.4. The number of nitrogens with zero attached hydrogens (tertiary/aromatic N) is 7. The van der Waals surface area contributed by atoms with E-state index in [-0.39, 0.29) is 57.8 Å². The van der Waals surface area contributed by atoms with E-state index in [2.05, 4.69) is 55.8 Å². The lowest BCUT2D eigenvalue weighted by Gasteiger charge is -2.42. The number of amides is 4. The van der Waals surface area contributed by atoms with Gasteiger partial charge in [0.15, 0.2) is 5.82 Å². The Balaban J connectivity index is 0.648. The maximum absolute atomic E-state index is 13.9. The van der Waals surface area contributed by atoms with Crippen molar-refractivity contribution in [2.45, 2.75) is 116 Å². The normalized spacial score (nSPS) is 19.7. The smallest absolute Gasteiger partial charge is 0.248 e. The highest BCUT2D eigenvalue weighted by molar-refractivity contribution is 7.13. The number of benzene rings is 1. The zero-order valence-electron chi connectivity index (χ0n) is 45.9. The van der Waals surface area contributed by atoms with E-state index >= 15 is 0 Å². The van der Waals surface area contributed by atoms with Gasteiger partial charge in [-0.15, -0.1) is 11.3 Å². The Labute approximate surface area is 457 Å². The van der Waals surface area contributed by atoms with Crippen LogP contribution < -0.4 is 16.0 Å². The Bertz CT molecular complexity index is 2470. The Morgan fingerprint density at radius 1 is 0.792 bits per heavy atom. The zero-order valence-corrected chi connectivity index (χ0v) is 46.7. The summed E-state index contributed by atoms with van der Waals surface area (Å²) in [4.78, 5) is 69.0. The van der Waals surface area contributed by atoms with Gasteiger partial charge in [0.05, 0.1) is 88.3 Å². The number of hydrogen-bond acceptors (Lipinski definition) is 17. The number of aliphatic hydroxyl groups excluding tert-OH is 1. The van der Waals surface area contributed by atoms with Gasteiger partial charge in [0.25, 0.3) is 0 Å². The minimum atomic E-state index is -0.965. The summed E-state index contributed by atoms with van der Waals surface area (Å²) in [7, 11) is 0. The van der Waals surface area contributed by atoms with Gasteiger partial charge in [0.2, 0.25) is 23.6 Å². The van der Waals surface area contributed by atoms with Crippen LogP contribution in [0, 0.1) is 12.3 Å². The number of rotatable bonds is 29. The van der Waals surface area contributed by atoms with Crippen molar-refractivity contribution < 1.29 is 52.7 Å². The van der Waals surface area contributed by atoms with Gasteiger partial charge in [-0.2, -0.15) is 5.10 Å². The van der Waals surface area contributed by atoms with Crippen LogP contribution in [0.15, 0.2) is 48.4 Å². The number of fused-ring (bicyclic) bond motifs is 1. The van der Waals surface area contributed by atoms with Gasteiger partial charge in [-0.05, 0) is 66.7 Å². The fourth-order valence-corrected chi connectivity index (χ4v) is 10.9. The van der Waals surface area contributed by atoms with Gasteiger partial charge < -0.3 is 59.3 Å². The van der Waals surface area contributed by atoms with Crippen LogP contribution in [0.1, 0.15) is 89.5 Å². The van der Waals surface area contributed by atoms with Gasteiger partial charge in [-0.3, -0.25) is 24.1 Å². The van der Waals surface area contributed by atoms with Gasteiger partial charge in [-0.25, -0.2) is 14.5 Å². The molecule has 22 heteroatoms. The average molecular weight is 1090 g/mol. The molecule has 3 aromatic heterocycles. The Hall–Kier alpha value is -5.17. The molecule has 1 saturated carbocycles. The molecule has 7 rings (SSSR count). The number of likely N-dealkylation sites (tertiary alicyclic amines) is 1. The Morgan fingerprint density at radius 3 is 1.99 bits per heavy atom. The van der Waals surface area contributed by atoms with E-state index in [1.165, 1.54) is 10.5 Å². The standard InChI is InChI=1S/C55H82N10O11S/c1-38(2)45-15-16-65-49(45)52(57-36-59-65)60-42-11-13-43(14-12-42)62-17-19-63(20-18-62)48(68)35-76-30-28-74-26-24-72-22-21-71-23-25-73-27-29-75-34-47(67)61-51(55(4,5)6)54(70)64-33-44(66)31-46(64)53(69)56-32-40-7-9-41(10-8-40)50-39(3)58-37-77-50/h7-10,15-16,36-38,42-44,46,51,66H,11-14,17-35H2,1-6H3,(H,56,69)(H,61,67)(H,57,59,60). The molecule has 0 radical (unpaired) electrons. The van der Waals surface area contributed by atoms with Crippen LogP contribution in [0.3, 0.4) is 0 Å². The summed E-state index contributed by atoms with van der Waals surface area (Å²) in [6.07, 6.45) is 7.26. The third-order valence-corrected chi connectivity index (χ3v) is 15.3. The number of thiazole rings is 1. The second-order valence-electron chi connectivity index (χ2n) is 21.4. The van der Waals surface area contributed by atoms with Crippen LogP contribution in [-0.4, -0.2) is 205 Å².